The van der Waals surface area contributed by atoms with Gasteiger partial charge in [-0.1, -0.05) is 146 Å². The fourth-order valence-electron chi connectivity index (χ4n) is 5.32. The van der Waals surface area contributed by atoms with Crippen molar-refractivity contribution in [2.45, 2.75) is 167 Å². The second kappa shape index (κ2) is 35.4. The van der Waals surface area contributed by atoms with Gasteiger partial charge in [-0.15, -0.1) is 0 Å². The minimum absolute atomic E-state index is 0.00995. The summed E-state index contributed by atoms with van der Waals surface area (Å²) in [6.07, 6.45) is 36.2. The molecule has 0 rings (SSSR count). The normalized spacial score (nSPS) is 14.7. The number of unbranched alkanes of at least 4 members (excludes halogenated alkanes) is 15. The third kappa shape index (κ3) is 38.2. The molecule has 0 bridgehead atoms. The maximum Gasteiger partial charge on any atom is 0.472 e. The van der Waals surface area contributed by atoms with Gasteiger partial charge in [0.2, 0.25) is 0 Å². The van der Waals surface area contributed by atoms with Crippen molar-refractivity contribution in [3.05, 3.63) is 48.6 Å². The molecule has 3 unspecified atom stereocenters. The minimum Gasteiger partial charge on any atom is -0.462 e. The maximum atomic E-state index is 12.6. The van der Waals surface area contributed by atoms with E-state index in [2.05, 4.69) is 19.9 Å². The topological polar surface area (TPSA) is 129 Å². The molecule has 0 amide bonds. The number of likely N-dealkylation sites (N-methyl/N-ethyl adjacent to an activating group) is 1. The van der Waals surface area contributed by atoms with E-state index in [9.17, 15) is 24.2 Å². The summed E-state index contributed by atoms with van der Waals surface area (Å²) in [5.41, 5.74) is 0. The van der Waals surface area contributed by atoms with Crippen LogP contribution in [0.1, 0.15) is 155 Å². The van der Waals surface area contributed by atoms with Gasteiger partial charge in [-0.05, 0) is 44.9 Å². The molecule has 0 aromatic rings. The van der Waals surface area contributed by atoms with E-state index in [1.54, 1.807) is 6.08 Å². The molecule has 0 saturated carbocycles. The highest BCUT2D eigenvalue weighted by molar-refractivity contribution is 7.47. The number of esters is 2. The smallest absolute Gasteiger partial charge is 0.462 e. The van der Waals surface area contributed by atoms with Gasteiger partial charge in [0.25, 0.3) is 0 Å². The van der Waals surface area contributed by atoms with E-state index in [0.717, 1.165) is 32.1 Å². The molecule has 0 fully saturated rings. The third-order valence-electron chi connectivity index (χ3n) is 8.69. The number of carbonyl (C=O) groups excluding carboxylic acids is 2. The molecule has 0 aliphatic heterocycles. The molecule has 0 spiro atoms. The van der Waals surface area contributed by atoms with Crippen LogP contribution >= 0.6 is 7.82 Å². The van der Waals surface area contributed by atoms with E-state index in [1.165, 1.54) is 77.0 Å². The van der Waals surface area contributed by atoms with Crippen LogP contribution in [-0.2, 0) is 32.7 Å². The summed E-state index contributed by atoms with van der Waals surface area (Å²) in [5.74, 6) is -0.905. The van der Waals surface area contributed by atoms with Gasteiger partial charge in [-0.2, -0.15) is 0 Å². The number of hydrogen-bond donors (Lipinski definition) is 2. The molecule has 11 heteroatoms. The predicted octanol–water partition coefficient (Wildman–Crippen LogP) is 10.5. The number of phosphoric acid groups is 1. The van der Waals surface area contributed by atoms with Gasteiger partial charge in [-0.3, -0.25) is 18.6 Å². The number of nitrogens with zero attached hydrogens (tertiary/aromatic N) is 1. The number of hydrogen-bond acceptors (Lipinski definition) is 8. The molecular formula is C43H79NO9P+. The van der Waals surface area contributed by atoms with Gasteiger partial charge in [0, 0.05) is 12.8 Å². The maximum absolute atomic E-state index is 12.6. The number of allylic oxidation sites excluding steroid dienone is 6. The van der Waals surface area contributed by atoms with Crippen molar-refractivity contribution in [2.75, 3.05) is 47.5 Å². The van der Waals surface area contributed by atoms with E-state index in [0.29, 0.717) is 30.3 Å². The van der Waals surface area contributed by atoms with E-state index >= 15 is 0 Å². The van der Waals surface area contributed by atoms with E-state index < -0.39 is 38.6 Å². The lowest BCUT2D eigenvalue weighted by atomic mass is 10.0. The SMILES string of the molecule is CCCCC/C=C\CC(O)/C=C/C=C\C/C=C\CCCC(=O)OC(COC(=O)CCCCCCCCCCCCCC)COP(=O)(O)OCC[N+](C)(C)C. The Bertz CT molecular complexity index is 1080. The zero-order valence-corrected chi connectivity index (χ0v) is 35.7. The summed E-state index contributed by atoms with van der Waals surface area (Å²) >= 11 is 0. The summed E-state index contributed by atoms with van der Waals surface area (Å²) < 4.78 is 34.1. The van der Waals surface area contributed by atoms with Crippen LogP contribution in [0.15, 0.2) is 48.6 Å². The highest BCUT2D eigenvalue weighted by atomic mass is 31.2. The molecule has 2 N–H and O–H groups in total. The van der Waals surface area contributed by atoms with Crippen molar-refractivity contribution in [2.24, 2.45) is 0 Å². The Kier molecular flexibility index (Phi) is 34.0. The molecule has 0 aromatic carbocycles. The molecule has 0 saturated heterocycles. The predicted molar refractivity (Wildman–Crippen MR) is 221 cm³/mol. The number of phosphoric ester groups is 1. The van der Waals surface area contributed by atoms with Crippen molar-refractivity contribution in [1.29, 1.82) is 0 Å². The first kappa shape index (κ1) is 51.9. The average Bonchev–Trinajstić information content (AvgIpc) is 3.11. The Morgan fingerprint density at radius 2 is 1.24 bits per heavy atom. The Morgan fingerprint density at radius 1 is 0.667 bits per heavy atom. The van der Waals surface area contributed by atoms with Crippen LogP contribution in [-0.4, -0.2) is 86.1 Å². The van der Waals surface area contributed by atoms with Crippen molar-refractivity contribution in [3.8, 4) is 0 Å². The number of rotatable bonds is 37. The largest absolute Gasteiger partial charge is 0.472 e. The summed E-state index contributed by atoms with van der Waals surface area (Å²) in [6.45, 7) is 4.22. The van der Waals surface area contributed by atoms with Gasteiger partial charge in [-0.25, -0.2) is 4.57 Å². The minimum atomic E-state index is -4.40. The van der Waals surface area contributed by atoms with E-state index in [1.807, 2.05) is 57.6 Å². The monoisotopic (exact) mass is 785 g/mol. The number of carbonyl (C=O) groups is 2. The summed E-state index contributed by atoms with van der Waals surface area (Å²) in [7, 11) is 1.40. The molecule has 54 heavy (non-hydrogen) atoms. The molecular weight excluding hydrogens is 705 g/mol. The van der Waals surface area contributed by atoms with Crippen LogP contribution in [0.5, 0.6) is 0 Å². The van der Waals surface area contributed by atoms with Gasteiger partial charge in [0.05, 0.1) is 33.9 Å². The lowest BCUT2D eigenvalue weighted by Crippen LogP contribution is -2.37. The van der Waals surface area contributed by atoms with E-state index in [4.69, 9.17) is 18.5 Å². The number of quaternary nitrogens is 1. The second-order valence-corrected chi connectivity index (χ2v) is 16.7. The van der Waals surface area contributed by atoms with Gasteiger partial charge >= 0.3 is 19.8 Å². The fourth-order valence-corrected chi connectivity index (χ4v) is 6.07. The van der Waals surface area contributed by atoms with Crippen molar-refractivity contribution < 1.29 is 47.2 Å². The molecule has 0 aromatic heterocycles. The highest BCUT2D eigenvalue weighted by Gasteiger charge is 2.27. The quantitative estimate of drug-likeness (QED) is 0.0158. The molecule has 3 atom stereocenters. The molecule has 314 valence electrons. The van der Waals surface area contributed by atoms with Gasteiger partial charge in [0.1, 0.15) is 19.8 Å². The first-order chi connectivity index (χ1) is 25.9. The standard InChI is InChI=1S/C43H78NO9P/c1-6-8-10-12-14-15-16-17-18-22-26-30-34-42(46)50-38-41(39-52-54(48,49)51-37-36-44(3,4)5)53-43(47)35-31-27-23-20-19-21-25-29-33-40(45)32-28-24-13-11-9-7-2/h20-21,23-25,28-29,33,40-41,45H,6-19,22,26-27,30-32,34-39H2,1-5H3/p+1/b23-20-,25-21-,28-24-,33-29+. The molecule has 0 aliphatic carbocycles. The van der Waals surface area contributed by atoms with Crippen LogP contribution in [0.25, 0.3) is 0 Å². The first-order valence-electron chi connectivity index (χ1n) is 21.0. The zero-order chi connectivity index (χ0) is 40.2. The van der Waals surface area contributed by atoms with Gasteiger partial charge < -0.3 is 24.0 Å². The van der Waals surface area contributed by atoms with E-state index in [-0.39, 0.29) is 26.1 Å². The Labute approximate surface area is 329 Å². The fraction of sp³-hybridized carbons (Fsp3) is 0.767. The van der Waals surface area contributed by atoms with Crippen LogP contribution in [0, 0.1) is 0 Å². The number of ether oxygens (including phenoxy) is 2. The second-order valence-electron chi connectivity index (χ2n) is 15.2. The van der Waals surface area contributed by atoms with Gasteiger partial charge in [0.15, 0.2) is 6.10 Å². The number of aliphatic hydroxyl groups is 1. The molecule has 10 nitrogen and oxygen atoms in total. The highest BCUT2D eigenvalue weighted by Crippen LogP contribution is 2.43. The van der Waals surface area contributed by atoms with Crippen molar-refractivity contribution in [1.82, 2.24) is 0 Å². The number of aliphatic hydroxyl groups excluding tert-OH is 1. The lowest BCUT2D eigenvalue weighted by molar-refractivity contribution is -0.870. The Hall–Kier alpha value is -2.07. The van der Waals surface area contributed by atoms with Crippen LogP contribution in [0.4, 0.5) is 0 Å². The summed E-state index contributed by atoms with van der Waals surface area (Å²) in [5, 5.41) is 10.0. The van der Waals surface area contributed by atoms with Crippen molar-refractivity contribution >= 4 is 19.8 Å². The first-order valence-corrected chi connectivity index (χ1v) is 22.5. The van der Waals surface area contributed by atoms with Crippen LogP contribution in [0.2, 0.25) is 0 Å². The average molecular weight is 785 g/mol. The van der Waals surface area contributed by atoms with Crippen LogP contribution in [0.3, 0.4) is 0 Å². The summed E-state index contributed by atoms with van der Waals surface area (Å²) in [6, 6.07) is 0. The van der Waals surface area contributed by atoms with Crippen LogP contribution < -0.4 is 0 Å². The Morgan fingerprint density at radius 3 is 1.89 bits per heavy atom. The Balaban J connectivity index is 4.57. The molecule has 0 aliphatic rings. The zero-order valence-electron chi connectivity index (χ0n) is 34.8. The third-order valence-corrected chi connectivity index (χ3v) is 9.68. The van der Waals surface area contributed by atoms with Crippen molar-refractivity contribution in [3.63, 3.8) is 0 Å². The summed E-state index contributed by atoms with van der Waals surface area (Å²) in [4.78, 5) is 35.2. The lowest BCUT2D eigenvalue weighted by Gasteiger charge is -2.24. The molecule has 0 heterocycles. The molecule has 0 radical (unpaired) electrons.